The van der Waals surface area contributed by atoms with Crippen molar-refractivity contribution in [2.75, 3.05) is 33.8 Å². The molecule has 3 aromatic rings. The number of carbonyl (C=O) groups excluding carboxylic acids is 4. The van der Waals surface area contributed by atoms with Crippen LogP contribution in [0.5, 0.6) is 0 Å². The van der Waals surface area contributed by atoms with Gasteiger partial charge in [-0.25, -0.2) is 9.78 Å². The molecular weight excluding hydrogens is 524 g/mol. The highest BCUT2D eigenvalue weighted by Crippen LogP contribution is 2.24. The Morgan fingerprint density at radius 2 is 1.95 bits per heavy atom. The first kappa shape index (κ1) is 29.7. The van der Waals surface area contributed by atoms with E-state index in [0.717, 1.165) is 29.2 Å². The number of imidazole rings is 1. The molecule has 2 heterocycles. The maximum absolute atomic E-state index is 13.6. The summed E-state index contributed by atoms with van der Waals surface area (Å²) in [6, 6.07) is 13.2. The lowest BCUT2D eigenvalue weighted by atomic mass is 10.0. The van der Waals surface area contributed by atoms with Gasteiger partial charge in [-0.15, -0.1) is 0 Å². The van der Waals surface area contributed by atoms with Crippen molar-refractivity contribution in [2.24, 2.45) is 5.73 Å². The number of likely N-dealkylation sites (tertiary alicyclic amines) is 1. The molecule has 0 spiro atoms. The minimum absolute atomic E-state index is 0.00497. The Balaban J connectivity index is 1.55. The summed E-state index contributed by atoms with van der Waals surface area (Å²) in [5.41, 5.74) is 7.05. The van der Waals surface area contributed by atoms with Gasteiger partial charge in [-0.3, -0.25) is 19.3 Å². The van der Waals surface area contributed by atoms with Gasteiger partial charge < -0.3 is 25.3 Å². The van der Waals surface area contributed by atoms with Crippen LogP contribution in [0.25, 0.3) is 10.8 Å². The van der Waals surface area contributed by atoms with E-state index in [1.54, 1.807) is 12.5 Å². The van der Waals surface area contributed by atoms with Crippen molar-refractivity contribution in [3.8, 4) is 0 Å². The summed E-state index contributed by atoms with van der Waals surface area (Å²) in [6.07, 6.45) is 5.23. The molecule has 1 aliphatic rings. The molecule has 41 heavy (non-hydrogen) atoms. The number of nitrogens with two attached hydrogens (primary N) is 1. The van der Waals surface area contributed by atoms with Gasteiger partial charge in [-0.05, 0) is 35.6 Å². The number of hydrogen-bond acceptors (Lipinski definition) is 7. The van der Waals surface area contributed by atoms with Gasteiger partial charge in [0.25, 0.3) is 0 Å². The number of hydrogen-bond donors (Lipinski definition) is 2. The van der Waals surface area contributed by atoms with Crippen molar-refractivity contribution >= 4 is 34.5 Å². The summed E-state index contributed by atoms with van der Waals surface area (Å²) in [4.78, 5) is 63.0. The first-order chi connectivity index (χ1) is 19.8. The highest BCUT2D eigenvalue weighted by molar-refractivity contribution is 5.87. The van der Waals surface area contributed by atoms with Crippen LogP contribution in [-0.4, -0.2) is 94.2 Å². The molecule has 0 radical (unpaired) electrons. The summed E-state index contributed by atoms with van der Waals surface area (Å²) in [7, 11) is 2.79. The molecule has 1 fully saturated rings. The van der Waals surface area contributed by atoms with Gasteiger partial charge in [0.1, 0.15) is 6.04 Å². The molecular formula is C30H38N6O5. The highest BCUT2D eigenvalue weighted by Gasteiger charge is 2.33. The van der Waals surface area contributed by atoms with Crippen molar-refractivity contribution in [3.63, 3.8) is 0 Å². The van der Waals surface area contributed by atoms with Crippen molar-refractivity contribution < 1.29 is 23.9 Å². The fourth-order valence-corrected chi connectivity index (χ4v) is 5.51. The SMILES string of the molecule is COC(=O)[C@H](CCC(N)=O)N(C)C(=O)CN(Cc1cccc2ccccc12)CC1CCCN1C(=O)Cc1c[nH]cn1. The molecule has 1 aromatic heterocycles. The summed E-state index contributed by atoms with van der Waals surface area (Å²) >= 11 is 0. The van der Waals surface area contributed by atoms with Crippen molar-refractivity contribution in [1.29, 1.82) is 0 Å². The molecule has 11 nitrogen and oxygen atoms in total. The lowest BCUT2D eigenvalue weighted by Crippen LogP contribution is -2.50. The Bertz CT molecular complexity index is 1360. The molecule has 4 rings (SSSR count). The number of amides is 3. The predicted octanol–water partition coefficient (Wildman–Crippen LogP) is 1.86. The number of primary amides is 1. The molecule has 0 saturated carbocycles. The van der Waals surface area contributed by atoms with Crippen LogP contribution in [0.2, 0.25) is 0 Å². The maximum Gasteiger partial charge on any atom is 0.328 e. The molecule has 3 amide bonds. The van der Waals surface area contributed by atoms with Gasteiger partial charge in [0, 0.05) is 45.3 Å². The zero-order chi connectivity index (χ0) is 29.4. The normalized spacial score (nSPS) is 15.7. The van der Waals surface area contributed by atoms with E-state index < -0.39 is 17.9 Å². The lowest BCUT2D eigenvalue weighted by Gasteiger charge is -2.33. The van der Waals surface area contributed by atoms with Gasteiger partial charge in [0.05, 0.1) is 32.1 Å². The molecule has 1 unspecified atom stereocenters. The molecule has 2 aromatic carbocycles. The first-order valence-corrected chi connectivity index (χ1v) is 13.8. The summed E-state index contributed by atoms with van der Waals surface area (Å²) in [6.45, 7) is 1.63. The van der Waals surface area contributed by atoms with E-state index in [9.17, 15) is 19.2 Å². The quantitative estimate of drug-likeness (QED) is 0.303. The number of rotatable bonds is 13. The number of carbonyl (C=O) groups is 4. The third kappa shape index (κ3) is 7.69. The Morgan fingerprint density at radius 1 is 1.17 bits per heavy atom. The van der Waals surface area contributed by atoms with Gasteiger partial charge in [0.15, 0.2) is 0 Å². The number of aromatic amines is 1. The average molecular weight is 563 g/mol. The molecule has 11 heteroatoms. The van der Waals surface area contributed by atoms with Crippen LogP contribution < -0.4 is 5.73 Å². The predicted molar refractivity (Wildman–Crippen MR) is 153 cm³/mol. The Hall–Kier alpha value is -4.25. The average Bonchev–Trinajstić information content (AvgIpc) is 3.65. The molecule has 218 valence electrons. The maximum atomic E-state index is 13.6. The van der Waals surface area contributed by atoms with Crippen LogP contribution in [0.1, 0.15) is 36.9 Å². The molecule has 1 saturated heterocycles. The fourth-order valence-electron chi connectivity index (χ4n) is 5.51. The minimum atomic E-state index is -0.933. The number of H-pyrrole nitrogens is 1. The van der Waals surface area contributed by atoms with Gasteiger partial charge in [0.2, 0.25) is 17.7 Å². The van der Waals surface area contributed by atoms with Crippen molar-refractivity contribution in [2.45, 2.75) is 50.7 Å². The Kier molecular flexibility index (Phi) is 10.1. The van der Waals surface area contributed by atoms with Crippen LogP contribution >= 0.6 is 0 Å². The second-order valence-electron chi connectivity index (χ2n) is 10.5. The number of benzene rings is 2. The van der Waals surface area contributed by atoms with E-state index >= 15 is 0 Å². The highest BCUT2D eigenvalue weighted by atomic mass is 16.5. The Labute approximate surface area is 239 Å². The lowest BCUT2D eigenvalue weighted by molar-refractivity contribution is -0.152. The summed E-state index contributed by atoms with van der Waals surface area (Å²) in [5, 5.41) is 2.19. The van der Waals surface area contributed by atoms with E-state index in [-0.39, 0.29) is 43.7 Å². The molecule has 2 atom stereocenters. The van der Waals surface area contributed by atoms with Crippen LogP contribution in [0, 0.1) is 0 Å². The van der Waals surface area contributed by atoms with E-state index in [1.807, 2.05) is 46.2 Å². The number of likely N-dealkylation sites (N-methyl/N-ethyl adjacent to an activating group) is 1. The number of fused-ring (bicyclic) bond motifs is 1. The van der Waals surface area contributed by atoms with Crippen LogP contribution in [0.15, 0.2) is 55.0 Å². The second kappa shape index (κ2) is 13.9. The van der Waals surface area contributed by atoms with Gasteiger partial charge >= 0.3 is 5.97 Å². The Morgan fingerprint density at radius 3 is 2.68 bits per heavy atom. The first-order valence-electron chi connectivity index (χ1n) is 13.8. The molecule has 3 N–H and O–H groups in total. The standard InChI is InChI=1S/C30H38N6O5/c1-34(26(30(40)41-2)12-13-27(31)37)29(39)19-35(17-22-9-5-8-21-7-3-4-11-25(21)22)18-24-10-6-14-36(24)28(38)15-23-16-32-20-33-23/h3-5,7-9,11,16,20,24,26H,6,10,12-15,17-19H2,1-2H3,(H2,31,37)(H,32,33)/t24?,26-/m0/s1. The van der Waals surface area contributed by atoms with E-state index in [0.29, 0.717) is 25.3 Å². The molecule has 0 bridgehead atoms. The van der Waals surface area contributed by atoms with E-state index in [1.165, 1.54) is 19.1 Å². The summed E-state index contributed by atoms with van der Waals surface area (Å²) in [5.74, 6) is -1.45. The monoisotopic (exact) mass is 562 g/mol. The van der Waals surface area contributed by atoms with E-state index in [4.69, 9.17) is 10.5 Å². The van der Waals surface area contributed by atoms with Crippen LogP contribution in [0.4, 0.5) is 0 Å². The van der Waals surface area contributed by atoms with Gasteiger partial charge in [-0.2, -0.15) is 0 Å². The number of nitrogens with one attached hydrogen (secondary N) is 1. The largest absolute Gasteiger partial charge is 0.467 e. The number of ether oxygens (including phenoxy) is 1. The number of esters is 1. The van der Waals surface area contributed by atoms with Crippen molar-refractivity contribution in [3.05, 3.63) is 66.2 Å². The zero-order valence-electron chi connectivity index (χ0n) is 23.6. The fraction of sp³-hybridized carbons (Fsp3) is 0.433. The third-order valence-electron chi connectivity index (χ3n) is 7.68. The zero-order valence-corrected chi connectivity index (χ0v) is 23.6. The van der Waals surface area contributed by atoms with Crippen LogP contribution in [0.3, 0.4) is 0 Å². The van der Waals surface area contributed by atoms with E-state index in [2.05, 4.69) is 16.0 Å². The third-order valence-corrected chi connectivity index (χ3v) is 7.68. The number of methoxy groups -OCH3 is 1. The minimum Gasteiger partial charge on any atom is -0.467 e. The summed E-state index contributed by atoms with van der Waals surface area (Å²) < 4.78 is 4.91. The van der Waals surface area contributed by atoms with Gasteiger partial charge in [-0.1, -0.05) is 42.5 Å². The molecule has 0 aliphatic carbocycles. The number of nitrogens with zero attached hydrogens (tertiary/aromatic N) is 4. The smallest absolute Gasteiger partial charge is 0.328 e. The number of aromatic nitrogens is 2. The van der Waals surface area contributed by atoms with Crippen LogP contribution in [-0.2, 0) is 36.9 Å². The second-order valence-corrected chi connectivity index (χ2v) is 10.5. The van der Waals surface area contributed by atoms with Crippen molar-refractivity contribution in [1.82, 2.24) is 24.7 Å². The topological polar surface area (TPSA) is 142 Å². The molecule has 1 aliphatic heterocycles.